The average molecular weight is 348 g/mol. The fourth-order valence-electron chi connectivity index (χ4n) is 1.04. The number of hydrogen-bond acceptors (Lipinski definition) is 5. The molecule has 1 aromatic carbocycles. The van der Waals surface area contributed by atoms with Gasteiger partial charge in [0, 0.05) is 0 Å². The Bertz CT molecular complexity index is 558. The van der Waals surface area contributed by atoms with Crippen LogP contribution < -0.4 is 0 Å². The average Bonchev–Trinajstić information content (AvgIpc) is 2.59. The van der Waals surface area contributed by atoms with Crippen molar-refractivity contribution in [1.29, 1.82) is 0 Å². The van der Waals surface area contributed by atoms with Crippen LogP contribution in [0.2, 0.25) is 0 Å². The maximum atomic E-state index is 11.9. The number of carbonyl (C=O) groups excluding carboxylic acids is 1. The minimum atomic E-state index is 0.0424. The van der Waals surface area contributed by atoms with E-state index in [9.17, 15) is 4.79 Å². The van der Waals surface area contributed by atoms with Gasteiger partial charge in [0.2, 0.25) is 0 Å². The summed E-state index contributed by atoms with van der Waals surface area (Å²) in [4.78, 5) is 11.9. The molecule has 0 aliphatic rings. The third-order valence-electron chi connectivity index (χ3n) is 1.71. The van der Waals surface area contributed by atoms with Gasteiger partial charge in [0.05, 0.1) is 0 Å². The van der Waals surface area contributed by atoms with Crippen LogP contribution in [-0.4, -0.2) is 20.7 Å². The monoisotopic (exact) mass is 349 g/mol. The van der Waals surface area contributed by atoms with Crippen molar-refractivity contribution >= 4 is 67.8 Å². The summed E-state index contributed by atoms with van der Waals surface area (Å²) in [6.45, 7) is 0. The van der Waals surface area contributed by atoms with Gasteiger partial charge in [-0.1, -0.05) is 0 Å². The van der Waals surface area contributed by atoms with Crippen molar-refractivity contribution in [3.05, 3.63) is 38.6 Å². The molecule has 82 valence electrons. The second-order valence-electron chi connectivity index (χ2n) is 2.78. The molecule has 0 bridgehead atoms. The predicted octanol–water partition coefficient (Wildman–Crippen LogP) is 3.35. The zero-order valence-corrected chi connectivity index (χ0v) is 12.8. The zero-order chi connectivity index (χ0) is 11.5. The standard InChI is InChI=1S/C10H6OS4Se/c11-7(6-4-2-1-3-5-6)13-9-8(12)14-10(16)15-9/h1-5,12H/p-1. The summed E-state index contributed by atoms with van der Waals surface area (Å²) in [5, 5.41) is 0.0424. The molecule has 1 nitrogen and oxygen atoms in total. The van der Waals surface area contributed by atoms with E-state index in [-0.39, 0.29) is 5.12 Å². The van der Waals surface area contributed by atoms with Crippen molar-refractivity contribution in [3.63, 3.8) is 0 Å². The van der Waals surface area contributed by atoms with Crippen LogP contribution in [0.5, 0.6) is 0 Å². The van der Waals surface area contributed by atoms with Crippen molar-refractivity contribution in [2.24, 2.45) is 0 Å². The van der Waals surface area contributed by atoms with Gasteiger partial charge in [-0.25, -0.2) is 0 Å². The number of hydrogen-bond donors (Lipinski definition) is 0. The van der Waals surface area contributed by atoms with Gasteiger partial charge in [-0.3, -0.25) is 0 Å². The second kappa shape index (κ2) is 5.58. The third-order valence-corrected chi connectivity index (χ3v) is 6.66. The summed E-state index contributed by atoms with van der Waals surface area (Å²) < 4.78 is 2.75. The molecule has 0 aliphatic carbocycles. The summed E-state index contributed by atoms with van der Waals surface area (Å²) in [5.41, 5.74) is 0.710. The quantitative estimate of drug-likeness (QED) is 0.471. The molecule has 1 aromatic heterocycles. The molecular formula is C10H5OS4Se-. The normalized spacial score (nSPS) is 10.2. The predicted molar refractivity (Wildman–Crippen MR) is 73.5 cm³/mol. The first-order valence-electron chi connectivity index (χ1n) is 4.25. The van der Waals surface area contributed by atoms with E-state index in [4.69, 9.17) is 12.6 Å². The molecule has 0 radical (unpaired) electrons. The first kappa shape index (κ1) is 12.5. The van der Waals surface area contributed by atoms with E-state index >= 15 is 0 Å². The van der Waals surface area contributed by atoms with Crippen LogP contribution in [0, 0.1) is 2.69 Å². The van der Waals surface area contributed by atoms with E-state index in [2.05, 4.69) is 15.6 Å². The Labute approximate surface area is 119 Å². The van der Waals surface area contributed by atoms with Gasteiger partial charge in [-0.15, -0.1) is 0 Å². The van der Waals surface area contributed by atoms with Crippen molar-refractivity contribution in [2.45, 2.75) is 8.42 Å². The van der Waals surface area contributed by atoms with E-state index in [0.717, 1.165) is 11.1 Å². The molecule has 0 N–H and O–H groups in total. The molecule has 2 aromatic rings. The van der Waals surface area contributed by atoms with Crippen molar-refractivity contribution < 1.29 is 4.79 Å². The molecule has 0 amide bonds. The third kappa shape index (κ3) is 3.03. The first-order chi connectivity index (χ1) is 7.66. The topological polar surface area (TPSA) is 17.1 Å². The van der Waals surface area contributed by atoms with Crippen LogP contribution in [0.25, 0.3) is 0 Å². The number of carbonyl (C=O) groups is 1. The number of rotatable bonds is 2. The van der Waals surface area contributed by atoms with Crippen molar-refractivity contribution in [3.8, 4) is 0 Å². The minimum absolute atomic E-state index is 0.0424. The number of benzene rings is 1. The number of thioether (sulfide) groups is 1. The van der Waals surface area contributed by atoms with Crippen LogP contribution >= 0.6 is 34.4 Å². The molecule has 1 heterocycles. The first-order valence-corrected chi connectivity index (χ1v) is 7.96. The van der Waals surface area contributed by atoms with E-state index in [1.165, 1.54) is 34.4 Å². The van der Waals surface area contributed by atoms with Crippen LogP contribution in [0.15, 0.2) is 38.8 Å². The summed E-state index contributed by atoms with van der Waals surface area (Å²) in [6.07, 6.45) is 0. The molecule has 0 saturated carbocycles. The van der Waals surface area contributed by atoms with E-state index in [1.54, 1.807) is 0 Å². The molecular weight excluding hydrogens is 343 g/mol. The Hall–Kier alpha value is 0.0295. The molecule has 16 heavy (non-hydrogen) atoms. The summed E-state index contributed by atoms with van der Waals surface area (Å²) in [6, 6.07) is 9.24. The second-order valence-corrected chi connectivity index (χ2v) is 9.02. The molecule has 0 unspecified atom stereocenters. The van der Waals surface area contributed by atoms with Crippen LogP contribution in [0.3, 0.4) is 0 Å². The molecule has 2 rings (SSSR count). The Morgan fingerprint density at radius 3 is 2.50 bits per heavy atom. The van der Waals surface area contributed by atoms with Gasteiger partial charge in [-0.05, 0) is 0 Å². The van der Waals surface area contributed by atoms with Crippen molar-refractivity contribution in [1.82, 2.24) is 0 Å². The van der Waals surface area contributed by atoms with Gasteiger partial charge < -0.3 is 0 Å². The van der Waals surface area contributed by atoms with E-state index in [1.807, 2.05) is 30.3 Å². The molecule has 6 heteroatoms. The summed E-state index contributed by atoms with van der Waals surface area (Å²) in [5.74, 6) is 0. The van der Waals surface area contributed by atoms with E-state index < -0.39 is 0 Å². The van der Waals surface area contributed by atoms with Gasteiger partial charge in [0.25, 0.3) is 0 Å². The maximum absolute atomic E-state index is 11.9. The van der Waals surface area contributed by atoms with Crippen LogP contribution in [0.1, 0.15) is 10.4 Å². The van der Waals surface area contributed by atoms with Crippen LogP contribution in [0.4, 0.5) is 0 Å². The molecule has 0 fully saturated rings. The van der Waals surface area contributed by atoms with E-state index in [0.29, 0.717) is 5.56 Å². The summed E-state index contributed by atoms with van der Waals surface area (Å²) >= 11 is 12.4. The molecule has 0 aliphatic heterocycles. The zero-order valence-electron chi connectivity index (χ0n) is 7.84. The fraction of sp³-hybridized carbons (Fsp3) is 0. The van der Waals surface area contributed by atoms with Crippen LogP contribution in [-0.2, 0) is 12.6 Å². The van der Waals surface area contributed by atoms with Gasteiger partial charge in [0.1, 0.15) is 0 Å². The van der Waals surface area contributed by atoms with Gasteiger partial charge >= 0.3 is 120 Å². The van der Waals surface area contributed by atoms with Crippen molar-refractivity contribution in [2.75, 3.05) is 0 Å². The Balaban J connectivity index is 2.20. The Morgan fingerprint density at radius 2 is 1.94 bits per heavy atom. The summed E-state index contributed by atoms with van der Waals surface area (Å²) in [7, 11) is 0. The Morgan fingerprint density at radius 1 is 1.25 bits per heavy atom. The molecule has 0 atom stereocenters. The molecule has 0 saturated heterocycles. The Kier molecular flexibility index (Phi) is 4.35. The fourth-order valence-corrected chi connectivity index (χ4v) is 6.40. The van der Waals surface area contributed by atoms with Gasteiger partial charge in [-0.2, -0.15) is 0 Å². The van der Waals surface area contributed by atoms with Gasteiger partial charge in [0.15, 0.2) is 0 Å². The SMILES string of the molecule is O=C(Sc1sc(=[Se])sc1[S-])c1ccccc1. The molecule has 0 spiro atoms.